The van der Waals surface area contributed by atoms with E-state index < -0.39 is 0 Å². The summed E-state index contributed by atoms with van der Waals surface area (Å²) >= 11 is 6.29. The fourth-order valence-electron chi connectivity index (χ4n) is 3.22. The Kier molecular flexibility index (Phi) is 6.28. The van der Waals surface area contributed by atoms with Crippen LogP contribution in [0.1, 0.15) is 32.1 Å². The third kappa shape index (κ3) is 5.43. The van der Waals surface area contributed by atoms with Crippen LogP contribution in [0.2, 0.25) is 5.02 Å². The zero-order valence-electron chi connectivity index (χ0n) is 15.3. The van der Waals surface area contributed by atoms with Crippen molar-refractivity contribution in [2.45, 2.75) is 44.2 Å². The minimum absolute atomic E-state index is 0.115. The van der Waals surface area contributed by atoms with Crippen LogP contribution in [-0.2, 0) is 11.8 Å². The van der Waals surface area contributed by atoms with Crippen LogP contribution in [0.25, 0.3) is 0 Å². The predicted octanol–water partition coefficient (Wildman–Crippen LogP) is 3.02. The Morgan fingerprint density at radius 3 is 2.81 bits per heavy atom. The maximum Gasteiger partial charge on any atom is 0.243 e. The summed E-state index contributed by atoms with van der Waals surface area (Å²) < 4.78 is 1.70. The Morgan fingerprint density at radius 2 is 2.11 bits per heavy atom. The van der Waals surface area contributed by atoms with Gasteiger partial charge in [-0.25, -0.2) is 4.98 Å². The lowest BCUT2D eigenvalue weighted by Gasteiger charge is -2.22. The number of anilines is 3. The van der Waals surface area contributed by atoms with Crippen LogP contribution in [0, 0.1) is 0 Å². The molecule has 2 aromatic rings. The first-order valence-electron chi connectivity index (χ1n) is 9.01. The standard InChI is InChI=1S/C18H24ClN7O/c1-3-16(27)22-12-6-4-5-7-13(8-12)23-17-15(19)10-20-18(25-17)24-14-9-21-26(2)11-14/h3,9-13H,1,4-8H2,2H3,(H,22,27)(H2,20,23,24,25)/t12-,13+/m0/s1. The van der Waals surface area contributed by atoms with Gasteiger partial charge in [0.2, 0.25) is 11.9 Å². The fourth-order valence-corrected chi connectivity index (χ4v) is 3.37. The first kappa shape index (κ1) is 19.2. The van der Waals surface area contributed by atoms with Gasteiger partial charge in [-0.05, 0) is 25.3 Å². The number of aryl methyl sites for hydroxylation is 1. The van der Waals surface area contributed by atoms with Crippen molar-refractivity contribution in [1.82, 2.24) is 25.1 Å². The van der Waals surface area contributed by atoms with Gasteiger partial charge in [0.05, 0.1) is 18.1 Å². The van der Waals surface area contributed by atoms with E-state index in [1.807, 2.05) is 13.2 Å². The molecule has 3 N–H and O–H groups in total. The second kappa shape index (κ2) is 8.85. The minimum atomic E-state index is -0.135. The van der Waals surface area contributed by atoms with Crippen LogP contribution >= 0.6 is 11.6 Å². The van der Waals surface area contributed by atoms with Crippen LogP contribution in [0.5, 0.6) is 0 Å². The highest BCUT2D eigenvalue weighted by molar-refractivity contribution is 6.32. The number of rotatable bonds is 6. The van der Waals surface area contributed by atoms with Gasteiger partial charge < -0.3 is 16.0 Å². The highest BCUT2D eigenvalue weighted by atomic mass is 35.5. The average molecular weight is 390 g/mol. The number of nitrogens with one attached hydrogen (secondary N) is 3. The van der Waals surface area contributed by atoms with Crippen molar-refractivity contribution in [3.63, 3.8) is 0 Å². The van der Waals surface area contributed by atoms with Crippen molar-refractivity contribution in [3.8, 4) is 0 Å². The zero-order valence-corrected chi connectivity index (χ0v) is 16.0. The lowest BCUT2D eigenvalue weighted by atomic mass is 10.1. The summed E-state index contributed by atoms with van der Waals surface area (Å²) in [6, 6.07) is 0.283. The molecule has 1 amide bonds. The van der Waals surface area contributed by atoms with E-state index >= 15 is 0 Å². The summed E-state index contributed by atoms with van der Waals surface area (Å²) in [5.74, 6) is 0.891. The zero-order chi connectivity index (χ0) is 19.2. The summed E-state index contributed by atoms with van der Waals surface area (Å²) in [5, 5.41) is 14.1. The maximum absolute atomic E-state index is 11.6. The quantitative estimate of drug-likeness (QED) is 0.519. The molecule has 0 spiro atoms. The van der Waals surface area contributed by atoms with Crippen LogP contribution < -0.4 is 16.0 Å². The van der Waals surface area contributed by atoms with Gasteiger partial charge in [0.25, 0.3) is 0 Å². The third-order valence-corrected chi connectivity index (χ3v) is 4.78. The molecule has 27 heavy (non-hydrogen) atoms. The number of carbonyl (C=O) groups excluding carboxylic acids is 1. The maximum atomic E-state index is 11.6. The number of hydrogen-bond donors (Lipinski definition) is 3. The number of hydrogen-bond acceptors (Lipinski definition) is 6. The average Bonchev–Trinajstić information content (AvgIpc) is 2.92. The number of nitrogens with zero attached hydrogens (tertiary/aromatic N) is 4. The molecule has 1 fully saturated rings. The molecule has 0 radical (unpaired) electrons. The molecule has 0 saturated heterocycles. The van der Waals surface area contributed by atoms with Gasteiger partial charge in [0.15, 0.2) is 5.82 Å². The summed E-state index contributed by atoms with van der Waals surface area (Å²) in [5.41, 5.74) is 0.799. The number of aromatic nitrogens is 4. The molecule has 144 valence electrons. The van der Waals surface area contributed by atoms with Crippen molar-refractivity contribution < 1.29 is 4.79 Å². The van der Waals surface area contributed by atoms with Gasteiger partial charge in [-0.1, -0.05) is 31.0 Å². The van der Waals surface area contributed by atoms with Crippen LogP contribution in [0.3, 0.4) is 0 Å². The van der Waals surface area contributed by atoms with E-state index in [9.17, 15) is 4.79 Å². The van der Waals surface area contributed by atoms with Gasteiger partial charge in [0, 0.05) is 25.3 Å². The monoisotopic (exact) mass is 389 g/mol. The topological polar surface area (TPSA) is 96.8 Å². The fraction of sp³-hybridized carbons (Fsp3) is 0.444. The second-order valence-corrected chi connectivity index (χ2v) is 7.10. The summed E-state index contributed by atoms with van der Waals surface area (Å²) in [6.45, 7) is 3.52. The first-order chi connectivity index (χ1) is 13.0. The van der Waals surface area contributed by atoms with Crippen molar-refractivity contribution in [2.75, 3.05) is 10.6 Å². The molecular weight excluding hydrogens is 366 g/mol. The number of halogens is 1. The Labute approximate surface area is 163 Å². The van der Waals surface area contributed by atoms with Gasteiger partial charge in [-0.15, -0.1) is 0 Å². The Balaban J connectivity index is 1.68. The summed E-state index contributed by atoms with van der Waals surface area (Å²) in [6.07, 6.45) is 11.3. The minimum Gasteiger partial charge on any atom is -0.366 e. The lowest BCUT2D eigenvalue weighted by molar-refractivity contribution is -0.117. The summed E-state index contributed by atoms with van der Waals surface area (Å²) in [4.78, 5) is 20.3. The van der Waals surface area contributed by atoms with E-state index in [4.69, 9.17) is 11.6 Å². The molecule has 1 aliphatic carbocycles. The van der Waals surface area contributed by atoms with Gasteiger partial charge in [-0.3, -0.25) is 9.48 Å². The molecule has 2 heterocycles. The van der Waals surface area contributed by atoms with Crippen molar-refractivity contribution in [1.29, 1.82) is 0 Å². The molecule has 2 atom stereocenters. The molecule has 1 saturated carbocycles. The first-order valence-corrected chi connectivity index (χ1v) is 9.39. The smallest absolute Gasteiger partial charge is 0.243 e. The Hall–Kier alpha value is -2.61. The summed E-state index contributed by atoms with van der Waals surface area (Å²) in [7, 11) is 1.84. The van der Waals surface area contributed by atoms with Crippen LogP contribution in [0.15, 0.2) is 31.2 Å². The van der Waals surface area contributed by atoms with Gasteiger partial charge in [0.1, 0.15) is 5.02 Å². The molecule has 0 unspecified atom stereocenters. The van der Waals surface area contributed by atoms with Gasteiger partial charge >= 0.3 is 0 Å². The normalized spacial score (nSPS) is 19.8. The Bertz CT molecular complexity index is 807. The van der Waals surface area contributed by atoms with E-state index in [0.717, 1.165) is 37.8 Å². The molecule has 2 aromatic heterocycles. The molecule has 0 bridgehead atoms. The largest absolute Gasteiger partial charge is 0.366 e. The van der Waals surface area contributed by atoms with Crippen molar-refractivity contribution in [3.05, 3.63) is 36.3 Å². The number of carbonyl (C=O) groups is 1. The van der Waals surface area contributed by atoms with Crippen LogP contribution in [0.4, 0.5) is 17.5 Å². The molecule has 1 aliphatic rings. The van der Waals surface area contributed by atoms with Crippen molar-refractivity contribution in [2.24, 2.45) is 7.05 Å². The molecule has 0 aliphatic heterocycles. The van der Waals surface area contributed by atoms with E-state index in [1.165, 1.54) is 6.08 Å². The highest BCUT2D eigenvalue weighted by Crippen LogP contribution is 2.26. The Morgan fingerprint density at radius 1 is 1.33 bits per heavy atom. The third-order valence-electron chi connectivity index (χ3n) is 4.50. The van der Waals surface area contributed by atoms with E-state index in [2.05, 4.69) is 37.6 Å². The molecule has 3 rings (SSSR count). The van der Waals surface area contributed by atoms with Crippen molar-refractivity contribution >= 4 is 35.0 Å². The number of amides is 1. The molecule has 0 aromatic carbocycles. The highest BCUT2D eigenvalue weighted by Gasteiger charge is 2.22. The molecule has 8 nitrogen and oxygen atoms in total. The van der Waals surface area contributed by atoms with E-state index in [-0.39, 0.29) is 18.0 Å². The lowest BCUT2D eigenvalue weighted by Crippen LogP contribution is -2.37. The van der Waals surface area contributed by atoms with E-state index in [1.54, 1.807) is 17.1 Å². The molecular formula is C18H24ClN7O. The predicted molar refractivity (Wildman–Crippen MR) is 106 cm³/mol. The second-order valence-electron chi connectivity index (χ2n) is 6.69. The van der Waals surface area contributed by atoms with Gasteiger partial charge in [-0.2, -0.15) is 10.1 Å². The SMILES string of the molecule is C=CC(=O)N[C@H]1CCCC[C@@H](Nc2nc(Nc3cnn(C)c3)ncc2Cl)C1. The molecule has 9 heteroatoms. The van der Waals surface area contributed by atoms with Crippen LogP contribution in [-0.4, -0.2) is 37.7 Å². The van der Waals surface area contributed by atoms with E-state index in [0.29, 0.717) is 16.8 Å².